The molecule has 3 nitrogen and oxygen atoms in total. The van der Waals surface area contributed by atoms with Gasteiger partial charge in [0.1, 0.15) is 0 Å². The fraction of sp³-hybridized carbons (Fsp3) is 0.571. The molecule has 2 unspecified atom stereocenters. The van der Waals surface area contributed by atoms with E-state index < -0.39 is 0 Å². The molecule has 3 N–H and O–H groups in total. The second-order valence-corrected chi connectivity index (χ2v) is 5.30. The largest absolute Gasteiger partial charge is 0.397 e. The van der Waals surface area contributed by atoms with E-state index in [0.29, 0.717) is 12.1 Å². The molecule has 0 bridgehead atoms. The zero-order valence-corrected chi connectivity index (χ0v) is 10.3. The van der Waals surface area contributed by atoms with Crippen LogP contribution >= 0.6 is 0 Å². The molecule has 1 saturated carbocycles. The predicted molar refractivity (Wildman–Crippen MR) is 70.1 cm³/mol. The average molecular weight is 232 g/mol. The molecular weight excluding hydrogens is 212 g/mol. The van der Waals surface area contributed by atoms with Gasteiger partial charge in [-0.1, -0.05) is 6.07 Å². The Bertz CT molecular complexity index is 415. The molecule has 1 aromatic carbocycles. The Morgan fingerprint density at radius 1 is 1.29 bits per heavy atom. The highest BCUT2D eigenvalue weighted by Gasteiger charge is 2.40. The monoisotopic (exact) mass is 232 g/mol. The molecule has 0 radical (unpaired) electrons. The first kappa shape index (κ1) is 10.9. The van der Waals surface area contributed by atoms with Gasteiger partial charge in [0, 0.05) is 6.61 Å². The van der Waals surface area contributed by atoms with E-state index in [2.05, 4.69) is 18.3 Å². The molecule has 1 heterocycles. The topological polar surface area (TPSA) is 47.3 Å². The Hall–Kier alpha value is -1.22. The predicted octanol–water partition coefficient (Wildman–Crippen LogP) is 2.56. The quantitative estimate of drug-likeness (QED) is 0.787. The van der Waals surface area contributed by atoms with E-state index >= 15 is 0 Å². The third-order valence-electron chi connectivity index (χ3n) is 3.77. The lowest BCUT2D eigenvalue weighted by Gasteiger charge is -2.21. The smallest absolute Gasteiger partial charge is 0.0804 e. The van der Waals surface area contributed by atoms with Gasteiger partial charge >= 0.3 is 0 Å². The van der Waals surface area contributed by atoms with Crippen LogP contribution in [0.5, 0.6) is 0 Å². The van der Waals surface area contributed by atoms with E-state index in [9.17, 15) is 0 Å². The molecule has 0 spiro atoms. The van der Waals surface area contributed by atoms with Gasteiger partial charge in [-0.3, -0.25) is 0 Å². The standard InChI is InChI=1S/C14H20N2O/c1-9-2-5-11(15)13(8-9)16-12-6-7-17-14(12)10-3-4-10/h2,5,8,10,12,14,16H,3-4,6-7,15H2,1H3. The van der Waals surface area contributed by atoms with Gasteiger partial charge < -0.3 is 15.8 Å². The van der Waals surface area contributed by atoms with Crippen molar-refractivity contribution in [2.24, 2.45) is 5.92 Å². The van der Waals surface area contributed by atoms with Gasteiger partial charge in [0.25, 0.3) is 0 Å². The number of aryl methyl sites for hydroxylation is 1. The van der Waals surface area contributed by atoms with Crippen LogP contribution in [0, 0.1) is 12.8 Å². The number of hydrogen-bond acceptors (Lipinski definition) is 3. The van der Waals surface area contributed by atoms with Gasteiger partial charge in [0.2, 0.25) is 0 Å². The summed E-state index contributed by atoms with van der Waals surface area (Å²) >= 11 is 0. The number of nitrogens with one attached hydrogen (secondary N) is 1. The molecular formula is C14H20N2O. The van der Waals surface area contributed by atoms with E-state index in [1.807, 2.05) is 12.1 Å². The molecule has 92 valence electrons. The summed E-state index contributed by atoms with van der Waals surface area (Å²) in [5, 5.41) is 3.57. The molecule has 0 amide bonds. The number of nitrogen functional groups attached to an aromatic ring is 1. The number of rotatable bonds is 3. The van der Waals surface area contributed by atoms with Crippen LogP contribution in [0.15, 0.2) is 18.2 Å². The Labute approximate surface area is 102 Å². The lowest BCUT2D eigenvalue weighted by Crippen LogP contribution is -2.31. The second-order valence-electron chi connectivity index (χ2n) is 5.30. The molecule has 3 heteroatoms. The van der Waals surface area contributed by atoms with Gasteiger partial charge in [-0.2, -0.15) is 0 Å². The molecule has 2 atom stereocenters. The Morgan fingerprint density at radius 2 is 2.12 bits per heavy atom. The van der Waals surface area contributed by atoms with Gasteiger partial charge in [-0.15, -0.1) is 0 Å². The second kappa shape index (κ2) is 4.22. The van der Waals surface area contributed by atoms with Gasteiger partial charge in [-0.25, -0.2) is 0 Å². The van der Waals surface area contributed by atoms with Crippen molar-refractivity contribution in [1.82, 2.24) is 0 Å². The summed E-state index contributed by atoms with van der Waals surface area (Å²) in [5.74, 6) is 0.779. The van der Waals surface area contributed by atoms with Crippen molar-refractivity contribution in [1.29, 1.82) is 0 Å². The van der Waals surface area contributed by atoms with Gasteiger partial charge in [0.15, 0.2) is 0 Å². The van der Waals surface area contributed by atoms with E-state index in [0.717, 1.165) is 30.3 Å². The van der Waals surface area contributed by atoms with Crippen molar-refractivity contribution in [3.63, 3.8) is 0 Å². The number of benzene rings is 1. The van der Waals surface area contributed by atoms with Gasteiger partial charge in [-0.05, 0) is 49.8 Å². The molecule has 0 aromatic heterocycles. The maximum absolute atomic E-state index is 6.00. The van der Waals surface area contributed by atoms with Crippen LogP contribution in [-0.4, -0.2) is 18.8 Å². The third-order valence-corrected chi connectivity index (χ3v) is 3.77. The van der Waals surface area contributed by atoms with Crippen LogP contribution in [0.25, 0.3) is 0 Å². The van der Waals surface area contributed by atoms with Crippen LogP contribution in [0.3, 0.4) is 0 Å². The first-order valence-corrected chi connectivity index (χ1v) is 6.48. The molecule has 3 rings (SSSR count). The van der Waals surface area contributed by atoms with Crippen LogP contribution in [0.2, 0.25) is 0 Å². The summed E-state index contributed by atoms with van der Waals surface area (Å²) in [6, 6.07) is 6.58. The maximum Gasteiger partial charge on any atom is 0.0804 e. The van der Waals surface area contributed by atoms with Crippen molar-refractivity contribution in [3.05, 3.63) is 23.8 Å². The van der Waals surface area contributed by atoms with Gasteiger partial charge in [0.05, 0.1) is 23.5 Å². The SMILES string of the molecule is Cc1ccc(N)c(NC2CCOC2C2CC2)c1. The molecule has 1 aromatic rings. The summed E-state index contributed by atoms with van der Waals surface area (Å²) in [6.45, 7) is 2.97. The zero-order chi connectivity index (χ0) is 11.8. The summed E-state index contributed by atoms with van der Waals surface area (Å²) in [6.07, 6.45) is 4.14. The van der Waals surface area contributed by atoms with Crippen molar-refractivity contribution in [2.75, 3.05) is 17.7 Å². The number of anilines is 2. The minimum Gasteiger partial charge on any atom is -0.397 e. The highest BCUT2D eigenvalue weighted by Crippen LogP contribution is 2.40. The molecule has 2 fully saturated rings. The summed E-state index contributed by atoms with van der Waals surface area (Å²) in [7, 11) is 0. The van der Waals surface area contributed by atoms with Crippen LogP contribution in [-0.2, 0) is 4.74 Å². The Kier molecular flexibility index (Phi) is 2.71. The molecule has 2 aliphatic rings. The van der Waals surface area contributed by atoms with E-state index in [1.165, 1.54) is 18.4 Å². The van der Waals surface area contributed by atoms with Crippen molar-refractivity contribution in [3.8, 4) is 0 Å². The van der Waals surface area contributed by atoms with Crippen LogP contribution in [0.1, 0.15) is 24.8 Å². The minimum atomic E-state index is 0.398. The average Bonchev–Trinajstić information content (AvgIpc) is 3.05. The van der Waals surface area contributed by atoms with Crippen molar-refractivity contribution in [2.45, 2.75) is 38.3 Å². The molecule has 1 aliphatic heterocycles. The van der Waals surface area contributed by atoms with Crippen LogP contribution in [0.4, 0.5) is 11.4 Å². The minimum absolute atomic E-state index is 0.398. The Morgan fingerprint density at radius 3 is 2.88 bits per heavy atom. The lowest BCUT2D eigenvalue weighted by atomic mass is 10.1. The first-order chi connectivity index (χ1) is 8.24. The van der Waals surface area contributed by atoms with E-state index in [-0.39, 0.29) is 0 Å². The van der Waals surface area contributed by atoms with Crippen LogP contribution < -0.4 is 11.1 Å². The Balaban J connectivity index is 1.74. The number of hydrogen-bond donors (Lipinski definition) is 2. The lowest BCUT2D eigenvalue weighted by molar-refractivity contribution is 0.0898. The number of ether oxygens (including phenoxy) is 1. The summed E-state index contributed by atoms with van der Waals surface area (Å²) < 4.78 is 5.83. The molecule has 1 saturated heterocycles. The fourth-order valence-corrected chi connectivity index (χ4v) is 2.65. The zero-order valence-electron chi connectivity index (χ0n) is 10.3. The summed E-state index contributed by atoms with van der Waals surface area (Å²) in [4.78, 5) is 0. The van der Waals surface area contributed by atoms with E-state index in [4.69, 9.17) is 10.5 Å². The highest BCUT2D eigenvalue weighted by molar-refractivity contribution is 5.67. The first-order valence-electron chi connectivity index (χ1n) is 6.48. The van der Waals surface area contributed by atoms with E-state index in [1.54, 1.807) is 0 Å². The molecule has 17 heavy (non-hydrogen) atoms. The normalized spacial score (nSPS) is 28.3. The van der Waals surface area contributed by atoms with Crippen molar-refractivity contribution < 1.29 is 4.74 Å². The maximum atomic E-state index is 6.00. The molecule has 1 aliphatic carbocycles. The number of nitrogens with two attached hydrogens (primary N) is 1. The van der Waals surface area contributed by atoms with Crippen molar-refractivity contribution >= 4 is 11.4 Å². The summed E-state index contributed by atoms with van der Waals surface area (Å²) in [5.41, 5.74) is 9.13. The highest BCUT2D eigenvalue weighted by atomic mass is 16.5. The third kappa shape index (κ3) is 2.25. The fourth-order valence-electron chi connectivity index (χ4n) is 2.65.